The van der Waals surface area contributed by atoms with Crippen LogP contribution >= 0.6 is 0 Å². The molecule has 0 aliphatic carbocycles. The molecule has 6 heteroatoms. The van der Waals surface area contributed by atoms with Gasteiger partial charge in [-0.05, 0) is 49.9 Å². The minimum atomic E-state index is -0.220. The maximum Gasteiger partial charge on any atom is 0.191 e. The molecule has 2 heterocycles. The van der Waals surface area contributed by atoms with Gasteiger partial charge in [0, 0.05) is 36.7 Å². The number of ether oxygens (including phenoxy) is 1. The van der Waals surface area contributed by atoms with Crippen LogP contribution in [0.25, 0.3) is 10.9 Å². The van der Waals surface area contributed by atoms with E-state index in [9.17, 15) is 4.39 Å². The summed E-state index contributed by atoms with van der Waals surface area (Å²) in [6, 6.07) is 4.85. The van der Waals surface area contributed by atoms with E-state index >= 15 is 0 Å². The third-order valence-electron chi connectivity index (χ3n) is 4.52. The van der Waals surface area contributed by atoms with Crippen molar-refractivity contribution in [2.24, 2.45) is 4.99 Å². The van der Waals surface area contributed by atoms with Crippen molar-refractivity contribution < 1.29 is 9.13 Å². The molecule has 1 aromatic heterocycles. The summed E-state index contributed by atoms with van der Waals surface area (Å²) in [5.74, 6) is 0.619. The lowest BCUT2D eigenvalue weighted by molar-refractivity contribution is 0.153. The van der Waals surface area contributed by atoms with Gasteiger partial charge in [0.05, 0.1) is 13.2 Å². The van der Waals surface area contributed by atoms with E-state index in [1.54, 1.807) is 0 Å². The third-order valence-corrected chi connectivity index (χ3v) is 4.52. The van der Waals surface area contributed by atoms with Gasteiger partial charge in [0.2, 0.25) is 0 Å². The zero-order chi connectivity index (χ0) is 18.2. The van der Waals surface area contributed by atoms with Crippen LogP contribution in [0.3, 0.4) is 0 Å². The molecule has 0 amide bonds. The maximum absolute atomic E-state index is 13.3. The summed E-state index contributed by atoms with van der Waals surface area (Å²) >= 11 is 0. The molecule has 26 heavy (non-hydrogen) atoms. The fourth-order valence-electron chi connectivity index (χ4n) is 3.13. The molecule has 0 bridgehead atoms. The number of hydrogen-bond donors (Lipinski definition) is 3. The number of hydrogen-bond acceptors (Lipinski definition) is 2. The number of guanidine groups is 1. The summed E-state index contributed by atoms with van der Waals surface area (Å²) in [5, 5.41) is 7.74. The lowest BCUT2D eigenvalue weighted by Gasteiger charge is -2.15. The molecule has 0 radical (unpaired) electrons. The van der Waals surface area contributed by atoms with E-state index in [1.807, 2.05) is 12.3 Å². The summed E-state index contributed by atoms with van der Waals surface area (Å²) in [7, 11) is 0. The van der Waals surface area contributed by atoms with Crippen molar-refractivity contribution in [1.29, 1.82) is 0 Å². The van der Waals surface area contributed by atoms with Crippen LogP contribution in [-0.2, 0) is 11.2 Å². The van der Waals surface area contributed by atoms with Crippen LogP contribution in [0.4, 0.5) is 4.39 Å². The monoisotopic (exact) mass is 358 g/mol. The minimum Gasteiger partial charge on any atom is -0.377 e. The van der Waals surface area contributed by atoms with Crippen LogP contribution in [0.2, 0.25) is 0 Å². The normalized spacial score (nSPS) is 15.2. The van der Waals surface area contributed by atoms with Gasteiger partial charge in [-0.25, -0.2) is 4.39 Å². The second kappa shape index (κ2) is 9.38. The number of aromatic amines is 1. The average Bonchev–Trinajstić information content (AvgIpc) is 3.04. The van der Waals surface area contributed by atoms with Gasteiger partial charge in [0.15, 0.2) is 5.96 Å². The van der Waals surface area contributed by atoms with Gasteiger partial charge in [-0.3, -0.25) is 4.99 Å². The van der Waals surface area contributed by atoms with Crippen molar-refractivity contribution in [3.8, 4) is 0 Å². The molecule has 5 nitrogen and oxygen atoms in total. The van der Waals surface area contributed by atoms with Crippen LogP contribution in [0.5, 0.6) is 0 Å². The molecular weight excluding hydrogens is 331 g/mol. The number of H-pyrrole nitrogens is 1. The molecule has 1 aliphatic heterocycles. The Morgan fingerprint density at radius 1 is 1.31 bits per heavy atom. The fourth-order valence-corrected chi connectivity index (χ4v) is 3.13. The van der Waals surface area contributed by atoms with Gasteiger partial charge in [-0.2, -0.15) is 0 Å². The predicted octanol–water partition coefficient (Wildman–Crippen LogP) is 3.14. The van der Waals surface area contributed by atoms with Crippen molar-refractivity contribution in [2.75, 3.05) is 32.8 Å². The Kier molecular flexibility index (Phi) is 6.66. The average molecular weight is 358 g/mol. The Bertz CT molecular complexity index is 781. The number of nitrogens with zero attached hydrogens (tertiary/aromatic N) is 1. The van der Waals surface area contributed by atoms with Gasteiger partial charge < -0.3 is 20.4 Å². The molecule has 3 rings (SSSR count). The summed E-state index contributed by atoms with van der Waals surface area (Å²) in [6.45, 7) is 5.99. The van der Waals surface area contributed by atoms with E-state index in [1.165, 1.54) is 17.7 Å². The molecule has 0 atom stereocenters. The lowest BCUT2D eigenvalue weighted by Crippen LogP contribution is -2.38. The SMILES string of the molecule is CCNC(=NCCc1c[nH]c2cc(F)ccc12)NCCC1=CCOCC1. The first-order chi connectivity index (χ1) is 12.8. The van der Waals surface area contributed by atoms with Crippen molar-refractivity contribution in [1.82, 2.24) is 15.6 Å². The first kappa shape index (κ1) is 18.5. The van der Waals surface area contributed by atoms with Gasteiger partial charge >= 0.3 is 0 Å². The molecule has 1 aliphatic rings. The van der Waals surface area contributed by atoms with Crippen molar-refractivity contribution in [3.05, 3.63) is 47.4 Å². The van der Waals surface area contributed by atoms with E-state index in [0.29, 0.717) is 6.54 Å². The van der Waals surface area contributed by atoms with Crippen molar-refractivity contribution in [2.45, 2.75) is 26.2 Å². The largest absolute Gasteiger partial charge is 0.377 e. The predicted molar refractivity (Wildman–Crippen MR) is 104 cm³/mol. The lowest BCUT2D eigenvalue weighted by atomic mass is 10.1. The van der Waals surface area contributed by atoms with E-state index in [0.717, 1.165) is 68.0 Å². The molecule has 1 aromatic carbocycles. The fraction of sp³-hybridized carbons (Fsp3) is 0.450. The molecule has 3 N–H and O–H groups in total. The molecule has 0 saturated carbocycles. The second-order valence-electron chi connectivity index (χ2n) is 6.38. The van der Waals surface area contributed by atoms with E-state index < -0.39 is 0 Å². The molecule has 0 spiro atoms. The maximum atomic E-state index is 13.3. The Balaban J connectivity index is 1.52. The third kappa shape index (κ3) is 5.08. The summed E-state index contributed by atoms with van der Waals surface area (Å²) < 4.78 is 18.6. The van der Waals surface area contributed by atoms with Gasteiger partial charge in [0.1, 0.15) is 5.82 Å². The molecule has 140 valence electrons. The summed E-state index contributed by atoms with van der Waals surface area (Å²) in [4.78, 5) is 7.78. The van der Waals surface area contributed by atoms with Crippen LogP contribution < -0.4 is 10.6 Å². The first-order valence-electron chi connectivity index (χ1n) is 9.29. The van der Waals surface area contributed by atoms with Crippen LogP contribution in [0.15, 0.2) is 41.0 Å². The number of aliphatic imine (C=N–C) groups is 1. The number of benzene rings is 1. The highest BCUT2D eigenvalue weighted by Crippen LogP contribution is 2.19. The number of rotatable bonds is 7. The van der Waals surface area contributed by atoms with Crippen LogP contribution in [0, 0.1) is 5.82 Å². The Morgan fingerprint density at radius 3 is 3.04 bits per heavy atom. The van der Waals surface area contributed by atoms with Crippen molar-refractivity contribution in [3.63, 3.8) is 0 Å². The molecule has 2 aromatic rings. The summed E-state index contributed by atoms with van der Waals surface area (Å²) in [6.07, 6.45) is 6.97. The van der Waals surface area contributed by atoms with Gasteiger partial charge in [-0.1, -0.05) is 11.6 Å². The first-order valence-corrected chi connectivity index (χ1v) is 9.29. The van der Waals surface area contributed by atoms with E-state index in [2.05, 4.69) is 33.6 Å². The zero-order valence-corrected chi connectivity index (χ0v) is 15.3. The number of aromatic nitrogens is 1. The second-order valence-corrected chi connectivity index (χ2v) is 6.38. The van der Waals surface area contributed by atoms with E-state index in [4.69, 9.17) is 4.74 Å². The van der Waals surface area contributed by atoms with E-state index in [-0.39, 0.29) is 5.82 Å². The Morgan fingerprint density at radius 2 is 2.23 bits per heavy atom. The van der Waals surface area contributed by atoms with Crippen LogP contribution in [0.1, 0.15) is 25.3 Å². The molecule has 0 fully saturated rings. The van der Waals surface area contributed by atoms with Crippen molar-refractivity contribution >= 4 is 16.9 Å². The van der Waals surface area contributed by atoms with Gasteiger partial charge in [0.25, 0.3) is 0 Å². The van der Waals surface area contributed by atoms with Crippen LogP contribution in [-0.4, -0.2) is 43.8 Å². The molecule has 0 unspecified atom stereocenters. The summed E-state index contributed by atoms with van der Waals surface area (Å²) in [5.41, 5.74) is 3.44. The highest BCUT2D eigenvalue weighted by molar-refractivity contribution is 5.83. The number of nitrogens with one attached hydrogen (secondary N) is 3. The number of halogens is 1. The Hall–Kier alpha value is -2.34. The molecular formula is C20H27FN4O. The standard InChI is InChI=1S/C20H27FN4O/c1-2-22-20(23-9-5-15-7-11-26-12-8-15)24-10-6-16-14-25-19-13-17(21)3-4-18(16)19/h3-4,7,13-14,25H,2,5-6,8-12H2,1H3,(H2,22,23,24). The Labute approximate surface area is 153 Å². The zero-order valence-electron chi connectivity index (χ0n) is 15.3. The van der Waals surface area contributed by atoms with Gasteiger partial charge in [-0.15, -0.1) is 0 Å². The number of fused-ring (bicyclic) bond motifs is 1. The smallest absolute Gasteiger partial charge is 0.191 e. The highest BCUT2D eigenvalue weighted by atomic mass is 19.1. The highest BCUT2D eigenvalue weighted by Gasteiger charge is 2.06. The quantitative estimate of drug-likeness (QED) is 0.405. The minimum absolute atomic E-state index is 0.220. The topological polar surface area (TPSA) is 61.4 Å². The molecule has 0 saturated heterocycles.